The number of rotatable bonds is 5. The summed E-state index contributed by atoms with van der Waals surface area (Å²) in [7, 11) is 0. The molecule has 0 unspecified atom stereocenters. The molecule has 104 valence electrons. The van der Waals surface area contributed by atoms with Crippen LogP contribution in [0.25, 0.3) is 0 Å². The minimum atomic E-state index is -0.150. The van der Waals surface area contributed by atoms with Gasteiger partial charge in [-0.3, -0.25) is 9.59 Å². The van der Waals surface area contributed by atoms with E-state index in [9.17, 15) is 9.59 Å². The van der Waals surface area contributed by atoms with Gasteiger partial charge in [-0.15, -0.1) is 0 Å². The van der Waals surface area contributed by atoms with Gasteiger partial charge >= 0.3 is 0 Å². The minimum absolute atomic E-state index is 0.150. The zero-order valence-corrected chi connectivity index (χ0v) is 12.3. The number of carbonyl (C=O) groups is 2. The number of amides is 1. The van der Waals surface area contributed by atoms with Gasteiger partial charge in [-0.1, -0.05) is 26.7 Å². The van der Waals surface area contributed by atoms with Crippen molar-refractivity contribution in [2.45, 2.75) is 71.8 Å². The maximum atomic E-state index is 12.2. The molecule has 1 aliphatic rings. The molecule has 1 heterocycles. The van der Waals surface area contributed by atoms with Crippen molar-refractivity contribution in [1.29, 1.82) is 0 Å². The topological polar surface area (TPSA) is 37.4 Å². The Morgan fingerprint density at radius 2 is 2.00 bits per heavy atom. The van der Waals surface area contributed by atoms with Gasteiger partial charge in [-0.05, 0) is 32.6 Å². The molecule has 0 N–H and O–H groups in total. The normalized spacial score (nSPS) is 19.4. The highest BCUT2D eigenvalue weighted by molar-refractivity contribution is 5.88. The van der Waals surface area contributed by atoms with E-state index < -0.39 is 0 Å². The zero-order chi connectivity index (χ0) is 13.8. The fourth-order valence-corrected chi connectivity index (χ4v) is 2.44. The lowest BCUT2D eigenvalue weighted by Gasteiger charge is -2.41. The van der Waals surface area contributed by atoms with Crippen LogP contribution in [0.4, 0.5) is 0 Å². The molecule has 0 atom stereocenters. The third kappa shape index (κ3) is 4.43. The maximum Gasteiger partial charge on any atom is 0.223 e. The monoisotopic (exact) mass is 253 g/mol. The van der Waals surface area contributed by atoms with Gasteiger partial charge in [0, 0.05) is 18.4 Å². The highest BCUT2D eigenvalue weighted by atomic mass is 16.2. The van der Waals surface area contributed by atoms with Gasteiger partial charge < -0.3 is 4.90 Å². The van der Waals surface area contributed by atoms with E-state index in [1.165, 1.54) is 6.42 Å². The Bertz CT molecular complexity index is 308. The predicted molar refractivity (Wildman–Crippen MR) is 73.3 cm³/mol. The molecule has 0 spiro atoms. The van der Waals surface area contributed by atoms with E-state index in [1.807, 2.05) is 0 Å². The summed E-state index contributed by atoms with van der Waals surface area (Å²) in [6.07, 6.45) is 5.22. The van der Waals surface area contributed by atoms with Gasteiger partial charge in [0.2, 0.25) is 5.91 Å². The van der Waals surface area contributed by atoms with Crippen LogP contribution in [0.3, 0.4) is 0 Å². The second kappa shape index (κ2) is 6.35. The van der Waals surface area contributed by atoms with Gasteiger partial charge in [0.15, 0.2) is 5.78 Å². The molecular formula is C15H27NO2. The minimum Gasteiger partial charge on any atom is -0.330 e. The van der Waals surface area contributed by atoms with Crippen molar-refractivity contribution in [1.82, 2.24) is 4.90 Å². The van der Waals surface area contributed by atoms with Crippen molar-refractivity contribution in [3.8, 4) is 0 Å². The first-order chi connectivity index (χ1) is 8.33. The number of hydrogen-bond acceptors (Lipinski definition) is 2. The number of ketones is 1. The van der Waals surface area contributed by atoms with Crippen LogP contribution in [0.1, 0.15) is 66.2 Å². The van der Waals surface area contributed by atoms with E-state index >= 15 is 0 Å². The van der Waals surface area contributed by atoms with Gasteiger partial charge in [-0.2, -0.15) is 0 Å². The Kier molecular flexibility index (Phi) is 5.36. The Labute approximate surface area is 111 Å². The summed E-state index contributed by atoms with van der Waals surface area (Å²) in [5, 5.41) is 0. The van der Waals surface area contributed by atoms with Crippen LogP contribution in [0, 0.1) is 5.92 Å². The fraction of sp³-hybridized carbons (Fsp3) is 0.867. The molecule has 3 heteroatoms. The van der Waals surface area contributed by atoms with Crippen molar-refractivity contribution >= 4 is 11.7 Å². The van der Waals surface area contributed by atoms with Gasteiger partial charge in [0.25, 0.3) is 0 Å². The number of piperidine rings is 1. The number of hydrogen-bond donors (Lipinski definition) is 0. The van der Waals surface area contributed by atoms with E-state index in [0.717, 1.165) is 19.3 Å². The van der Waals surface area contributed by atoms with E-state index in [2.05, 4.69) is 27.7 Å². The zero-order valence-electron chi connectivity index (χ0n) is 12.3. The lowest BCUT2D eigenvalue weighted by Crippen LogP contribution is -2.53. The third-order valence-electron chi connectivity index (χ3n) is 3.80. The van der Waals surface area contributed by atoms with Crippen molar-refractivity contribution in [2.75, 3.05) is 6.54 Å². The van der Waals surface area contributed by atoms with E-state index in [1.54, 1.807) is 4.90 Å². The molecule has 1 amide bonds. The molecule has 0 radical (unpaired) electrons. The second-order valence-corrected chi connectivity index (χ2v) is 6.47. The summed E-state index contributed by atoms with van der Waals surface area (Å²) in [5.41, 5.74) is -0.150. The smallest absolute Gasteiger partial charge is 0.223 e. The van der Waals surface area contributed by atoms with Crippen LogP contribution in [-0.2, 0) is 9.59 Å². The van der Waals surface area contributed by atoms with Crippen molar-refractivity contribution in [2.24, 2.45) is 5.92 Å². The number of likely N-dealkylation sites (tertiary alicyclic amines) is 1. The number of nitrogens with zero attached hydrogens (tertiary/aromatic N) is 1. The van der Waals surface area contributed by atoms with E-state index in [-0.39, 0.29) is 17.2 Å². The van der Waals surface area contributed by atoms with Crippen molar-refractivity contribution < 1.29 is 9.59 Å². The van der Waals surface area contributed by atoms with Crippen molar-refractivity contribution in [3.05, 3.63) is 0 Å². The molecule has 3 nitrogen and oxygen atoms in total. The lowest BCUT2D eigenvalue weighted by atomic mass is 9.89. The average Bonchev–Trinajstić information content (AvgIpc) is 2.27. The maximum absolute atomic E-state index is 12.2. The molecular weight excluding hydrogens is 226 g/mol. The molecule has 0 aromatic heterocycles. The van der Waals surface area contributed by atoms with E-state index in [0.29, 0.717) is 25.3 Å². The lowest BCUT2D eigenvalue weighted by molar-refractivity contribution is -0.144. The molecule has 0 saturated carbocycles. The molecule has 18 heavy (non-hydrogen) atoms. The van der Waals surface area contributed by atoms with Crippen LogP contribution in [0.5, 0.6) is 0 Å². The van der Waals surface area contributed by atoms with Gasteiger partial charge in [0.05, 0.1) is 6.54 Å². The van der Waals surface area contributed by atoms with Crippen LogP contribution in [0.15, 0.2) is 0 Å². The Hall–Kier alpha value is -0.860. The average molecular weight is 253 g/mol. The summed E-state index contributed by atoms with van der Waals surface area (Å²) < 4.78 is 0. The highest BCUT2D eigenvalue weighted by Crippen LogP contribution is 2.26. The Morgan fingerprint density at radius 3 is 2.61 bits per heavy atom. The molecule has 1 rings (SSSR count). The summed E-state index contributed by atoms with van der Waals surface area (Å²) in [4.78, 5) is 25.5. The van der Waals surface area contributed by atoms with E-state index in [4.69, 9.17) is 0 Å². The molecule has 1 fully saturated rings. The number of Topliss-reactive ketones (excluding diaryl/α,β-unsaturated/α-hetero) is 1. The standard InChI is InChI=1S/C15H27NO2/c1-12(2)7-5-6-8-14(18)16-11-13(17)9-10-15(16,3)4/h12H,5-11H2,1-4H3. The van der Waals surface area contributed by atoms with Crippen LogP contribution < -0.4 is 0 Å². The summed E-state index contributed by atoms with van der Waals surface area (Å²) in [5.74, 6) is 1.05. The third-order valence-corrected chi connectivity index (χ3v) is 3.80. The fourth-order valence-electron chi connectivity index (χ4n) is 2.44. The number of carbonyl (C=O) groups excluding carboxylic acids is 2. The number of unbranched alkanes of at least 4 members (excludes halogenated alkanes) is 1. The highest BCUT2D eigenvalue weighted by Gasteiger charge is 2.35. The van der Waals surface area contributed by atoms with Crippen LogP contribution >= 0.6 is 0 Å². The van der Waals surface area contributed by atoms with Crippen molar-refractivity contribution in [3.63, 3.8) is 0 Å². The first kappa shape index (κ1) is 15.2. The summed E-state index contributed by atoms with van der Waals surface area (Å²) in [6, 6.07) is 0. The summed E-state index contributed by atoms with van der Waals surface area (Å²) in [6.45, 7) is 8.84. The van der Waals surface area contributed by atoms with Gasteiger partial charge in [0.1, 0.15) is 0 Å². The predicted octanol–water partition coefficient (Wildman–Crippen LogP) is 3.17. The molecule has 0 aliphatic carbocycles. The molecule has 0 bridgehead atoms. The molecule has 0 aromatic carbocycles. The van der Waals surface area contributed by atoms with Crippen LogP contribution in [0.2, 0.25) is 0 Å². The largest absolute Gasteiger partial charge is 0.330 e. The Morgan fingerprint density at radius 1 is 1.33 bits per heavy atom. The SMILES string of the molecule is CC(C)CCCCC(=O)N1CC(=O)CCC1(C)C. The quantitative estimate of drug-likeness (QED) is 0.706. The first-order valence-electron chi connectivity index (χ1n) is 7.15. The molecule has 1 saturated heterocycles. The second-order valence-electron chi connectivity index (χ2n) is 6.47. The Balaban J connectivity index is 2.41. The van der Waals surface area contributed by atoms with Gasteiger partial charge in [-0.25, -0.2) is 0 Å². The molecule has 0 aromatic rings. The van der Waals surface area contributed by atoms with Crippen LogP contribution in [-0.4, -0.2) is 28.7 Å². The first-order valence-corrected chi connectivity index (χ1v) is 7.15. The summed E-state index contributed by atoms with van der Waals surface area (Å²) >= 11 is 0. The molecule has 1 aliphatic heterocycles.